The van der Waals surface area contributed by atoms with Crippen molar-refractivity contribution in [2.45, 2.75) is 31.6 Å². The predicted molar refractivity (Wildman–Crippen MR) is 304 cm³/mol. The van der Waals surface area contributed by atoms with E-state index in [0.717, 1.165) is 17.8 Å². The lowest BCUT2D eigenvalue weighted by atomic mass is 9.78. The lowest BCUT2D eigenvalue weighted by Gasteiger charge is -2.30. The molecule has 0 aliphatic heterocycles. The fourth-order valence-electron chi connectivity index (χ4n) is 11.2. The Morgan fingerprint density at radius 2 is 0.681 bits per heavy atom. The van der Waals surface area contributed by atoms with Gasteiger partial charge in [0, 0.05) is 28.3 Å². The third kappa shape index (κ3) is 8.54. The van der Waals surface area contributed by atoms with Crippen LogP contribution in [0.25, 0.3) is 66.8 Å². The molecular weight excluding hydrogens is 867 g/mol. The Bertz CT molecular complexity index is 3520. The zero-order valence-corrected chi connectivity index (χ0v) is 40.8. The number of nitrogens with zero attached hydrogens (tertiary/aromatic N) is 1. The molecule has 1 unspecified atom stereocenters. The molecule has 0 fully saturated rings. The molecule has 1 nitrogen and oxygen atoms in total. The Kier molecular flexibility index (Phi) is 11.8. The van der Waals surface area contributed by atoms with Gasteiger partial charge in [-0.05, 0) is 126 Å². The van der Waals surface area contributed by atoms with Gasteiger partial charge in [0.25, 0.3) is 0 Å². The highest BCUT2D eigenvalue weighted by atomic mass is 15.1. The molecule has 0 radical (unpaired) electrons. The highest BCUT2D eigenvalue weighted by Crippen LogP contribution is 2.57. The van der Waals surface area contributed by atoms with Gasteiger partial charge in [0.15, 0.2) is 0 Å². The van der Waals surface area contributed by atoms with Crippen LogP contribution in [0, 0.1) is 0 Å². The molecule has 1 aliphatic carbocycles. The SMILES string of the molecule is CC1(C)c2ccccc2-c2c(N(c3ccc(-c4ccccc4)cc3)c3ccc(-c4ccccc4)cc3)ccc(-c3ccc(C(Cc4ccc(-c5ccccc5)cc4)c4ccc(-c5ccccc5)cc4)cc3)c21. The van der Waals surface area contributed by atoms with Crippen molar-refractivity contribution in [2.24, 2.45) is 0 Å². The van der Waals surface area contributed by atoms with Crippen LogP contribution in [-0.4, -0.2) is 0 Å². The highest BCUT2D eigenvalue weighted by molar-refractivity contribution is 5.99. The summed E-state index contributed by atoms with van der Waals surface area (Å²) < 4.78 is 0. The molecule has 0 N–H and O–H groups in total. The Morgan fingerprint density at radius 3 is 1.12 bits per heavy atom. The molecule has 0 bridgehead atoms. The topological polar surface area (TPSA) is 3.24 Å². The van der Waals surface area contributed by atoms with Gasteiger partial charge < -0.3 is 4.90 Å². The average Bonchev–Trinajstić information content (AvgIpc) is 3.70. The number of hydrogen-bond acceptors (Lipinski definition) is 1. The van der Waals surface area contributed by atoms with Crippen molar-refractivity contribution in [1.29, 1.82) is 0 Å². The highest BCUT2D eigenvalue weighted by Gasteiger charge is 2.40. The van der Waals surface area contributed by atoms with Crippen molar-refractivity contribution in [3.63, 3.8) is 0 Å². The third-order valence-corrected chi connectivity index (χ3v) is 14.9. The number of rotatable bonds is 12. The molecule has 1 aliphatic rings. The summed E-state index contributed by atoms with van der Waals surface area (Å²) in [5.41, 5.74) is 24.6. The van der Waals surface area contributed by atoms with Crippen LogP contribution in [0.2, 0.25) is 0 Å². The number of fused-ring (bicyclic) bond motifs is 3. The first-order chi connectivity index (χ1) is 35.5. The quantitative estimate of drug-likeness (QED) is 0.118. The predicted octanol–water partition coefficient (Wildman–Crippen LogP) is 19.2. The van der Waals surface area contributed by atoms with Crippen LogP contribution in [0.1, 0.15) is 47.6 Å². The van der Waals surface area contributed by atoms with Crippen LogP contribution < -0.4 is 4.90 Å². The Morgan fingerprint density at radius 1 is 0.319 bits per heavy atom. The average molecular weight is 922 g/mol. The van der Waals surface area contributed by atoms with Gasteiger partial charge >= 0.3 is 0 Å². The molecule has 0 amide bonds. The van der Waals surface area contributed by atoms with Gasteiger partial charge in [-0.2, -0.15) is 0 Å². The fourth-order valence-corrected chi connectivity index (χ4v) is 11.2. The molecule has 72 heavy (non-hydrogen) atoms. The van der Waals surface area contributed by atoms with Crippen molar-refractivity contribution < 1.29 is 0 Å². The smallest absolute Gasteiger partial charge is 0.0543 e. The molecule has 0 heterocycles. The van der Waals surface area contributed by atoms with E-state index in [4.69, 9.17) is 0 Å². The van der Waals surface area contributed by atoms with Crippen molar-refractivity contribution >= 4 is 17.1 Å². The largest absolute Gasteiger partial charge is 0.310 e. The maximum Gasteiger partial charge on any atom is 0.0543 e. The van der Waals surface area contributed by atoms with Gasteiger partial charge in [0.05, 0.1) is 5.69 Å². The van der Waals surface area contributed by atoms with E-state index >= 15 is 0 Å². The van der Waals surface area contributed by atoms with E-state index in [9.17, 15) is 0 Å². The number of benzene rings is 11. The van der Waals surface area contributed by atoms with E-state index in [-0.39, 0.29) is 11.3 Å². The Labute approximate surface area is 425 Å². The summed E-state index contributed by atoms with van der Waals surface area (Å²) in [6.07, 6.45) is 0.889. The lowest BCUT2D eigenvalue weighted by Crippen LogP contribution is -2.17. The minimum Gasteiger partial charge on any atom is -0.310 e. The van der Waals surface area contributed by atoms with Gasteiger partial charge in [-0.15, -0.1) is 0 Å². The molecule has 1 atom stereocenters. The summed E-state index contributed by atoms with van der Waals surface area (Å²) in [4.78, 5) is 2.47. The first kappa shape index (κ1) is 44.4. The van der Waals surface area contributed by atoms with E-state index in [2.05, 4.69) is 298 Å². The minimum atomic E-state index is -0.259. The summed E-state index contributed by atoms with van der Waals surface area (Å²) in [7, 11) is 0. The van der Waals surface area contributed by atoms with E-state index in [1.54, 1.807) is 0 Å². The lowest BCUT2D eigenvalue weighted by molar-refractivity contribution is 0.662. The van der Waals surface area contributed by atoms with Crippen LogP contribution in [0.15, 0.2) is 279 Å². The molecule has 11 aromatic rings. The second kappa shape index (κ2) is 19.2. The zero-order valence-electron chi connectivity index (χ0n) is 40.8. The van der Waals surface area contributed by atoms with Crippen LogP contribution >= 0.6 is 0 Å². The van der Waals surface area contributed by atoms with Crippen LogP contribution in [0.5, 0.6) is 0 Å². The van der Waals surface area contributed by atoms with Gasteiger partial charge in [-0.1, -0.05) is 263 Å². The standard InChI is InChI=1S/C71H55N/c1-71(2)67-26-16-15-25-65(67)69-68(72(62-43-39-57(40-44-62)53-21-11-5-12-22-53)63-45-41-58(42-46-63)54-23-13-6-14-24-54)48-47-64(70(69)71)59-35-37-61(38-36-59)66(60-33-31-56(32-34-60)52-19-9-4-10-20-52)49-50-27-29-55(30-28-50)51-17-7-3-8-18-51/h3-48,66H,49H2,1-2H3. The van der Waals surface area contributed by atoms with Crippen molar-refractivity contribution in [3.8, 4) is 66.8 Å². The summed E-state index contributed by atoms with van der Waals surface area (Å²) in [5, 5.41) is 0. The zero-order chi connectivity index (χ0) is 48.4. The van der Waals surface area contributed by atoms with Crippen molar-refractivity contribution in [2.75, 3.05) is 4.90 Å². The second-order valence-corrected chi connectivity index (χ2v) is 19.6. The number of anilines is 3. The van der Waals surface area contributed by atoms with Crippen LogP contribution in [0.4, 0.5) is 17.1 Å². The molecule has 0 spiro atoms. The fraction of sp³-hybridized carbons (Fsp3) is 0.0704. The normalized spacial score (nSPS) is 12.7. The first-order valence-corrected chi connectivity index (χ1v) is 25.2. The van der Waals surface area contributed by atoms with Gasteiger partial charge in [0.1, 0.15) is 0 Å². The molecule has 12 rings (SSSR count). The van der Waals surface area contributed by atoms with E-state index < -0.39 is 0 Å². The first-order valence-electron chi connectivity index (χ1n) is 25.2. The molecule has 0 saturated carbocycles. The van der Waals surface area contributed by atoms with Crippen LogP contribution in [0.3, 0.4) is 0 Å². The van der Waals surface area contributed by atoms with E-state index in [1.807, 2.05) is 0 Å². The van der Waals surface area contributed by atoms with Crippen molar-refractivity contribution in [1.82, 2.24) is 0 Å². The van der Waals surface area contributed by atoms with Gasteiger partial charge in [0.2, 0.25) is 0 Å². The molecule has 0 saturated heterocycles. The summed E-state index contributed by atoms with van der Waals surface area (Å²) >= 11 is 0. The maximum absolute atomic E-state index is 2.47. The molecule has 11 aromatic carbocycles. The summed E-state index contributed by atoms with van der Waals surface area (Å²) in [5.74, 6) is 0.162. The Hall–Kier alpha value is -8.78. The van der Waals surface area contributed by atoms with Crippen LogP contribution in [-0.2, 0) is 11.8 Å². The monoisotopic (exact) mass is 921 g/mol. The summed E-state index contributed by atoms with van der Waals surface area (Å²) in [6.45, 7) is 4.82. The molecule has 0 aromatic heterocycles. The van der Waals surface area contributed by atoms with Gasteiger partial charge in [-0.25, -0.2) is 0 Å². The molecule has 344 valence electrons. The van der Waals surface area contributed by atoms with E-state index in [1.165, 1.54) is 100 Å². The van der Waals surface area contributed by atoms with E-state index in [0.29, 0.717) is 0 Å². The van der Waals surface area contributed by atoms with Crippen molar-refractivity contribution in [3.05, 3.63) is 307 Å². The molecule has 1 heteroatoms. The maximum atomic E-state index is 2.47. The third-order valence-electron chi connectivity index (χ3n) is 14.9. The summed E-state index contributed by atoms with van der Waals surface area (Å²) in [6, 6.07) is 103. The van der Waals surface area contributed by atoms with Gasteiger partial charge in [-0.3, -0.25) is 0 Å². The molecular formula is C71H55N. The number of hydrogen-bond donors (Lipinski definition) is 0. The second-order valence-electron chi connectivity index (χ2n) is 19.6. The minimum absolute atomic E-state index is 0.162. The Balaban J connectivity index is 0.957.